The van der Waals surface area contributed by atoms with Crippen LogP contribution in [0, 0.1) is 11.8 Å². The van der Waals surface area contributed by atoms with Gasteiger partial charge in [-0.1, -0.05) is 26.0 Å². The molecule has 3 rings (SSSR count). The number of para-hydroxylation sites is 1. The number of rotatable bonds is 8. The van der Waals surface area contributed by atoms with E-state index in [2.05, 4.69) is 20.6 Å². The molecule has 1 aromatic heterocycles. The Labute approximate surface area is 152 Å². The maximum absolute atomic E-state index is 11.9. The van der Waals surface area contributed by atoms with E-state index in [0.717, 1.165) is 23.7 Å². The average Bonchev–Trinajstić information content (AvgIpc) is 3.41. The summed E-state index contributed by atoms with van der Waals surface area (Å²) in [6.45, 7) is 4.10. The fourth-order valence-electron chi connectivity index (χ4n) is 2.86. The van der Waals surface area contributed by atoms with Crippen molar-refractivity contribution in [3.05, 3.63) is 30.1 Å². The summed E-state index contributed by atoms with van der Waals surface area (Å²) in [4.78, 5) is 32.7. The molecule has 0 bridgehead atoms. The highest BCUT2D eigenvalue weighted by atomic mass is 16.2. The largest absolute Gasteiger partial charge is 0.368 e. The topological polar surface area (TPSA) is 110 Å². The molecule has 0 aliphatic heterocycles. The highest BCUT2D eigenvalue weighted by Crippen LogP contribution is 2.32. The molecule has 1 atom stereocenters. The molecule has 0 saturated heterocycles. The van der Waals surface area contributed by atoms with Crippen molar-refractivity contribution in [2.45, 2.75) is 45.7 Å². The number of anilines is 1. The third-order valence-electron chi connectivity index (χ3n) is 4.53. The van der Waals surface area contributed by atoms with Crippen molar-refractivity contribution in [3.63, 3.8) is 0 Å². The van der Waals surface area contributed by atoms with Gasteiger partial charge < -0.3 is 16.4 Å². The molecule has 0 radical (unpaired) electrons. The van der Waals surface area contributed by atoms with Crippen LogP contribution >= 0.6 is 0 Å². The van der Waals surface area contributed by atoms with E-state index in [1.807, 2.05) is 38.1 Å². The lowest BCUT2D eigenvalue weighted by atomic mass is 10.0. The summed E-state index contributed by atoms with van der Waals surface area (Å²) < 4.78 is 0. The fourth-order valence-corrected chi connectivity index (χ4v) is 2.86. The van der Waals surface area contributed by atoms with Crippen LogP contribution in [0.3, 0.4) is 0 Å². The molecule has 2 aromatic rings. The van der Waals surface area contributed by atoms with Crippen molar-refractivity contribution >= 4 is 28.5 Å². The van der Waals surface area contributed by atoms with Gasteiger partial charge in [-0.2, -0.15) is 0 Å². The van der Waals surface area contributed by atoms with E-state index in [1.54, 1.807) is 0 Å². The number of hydrogen-bond acceptors (Lipinski definition) is 5. The molecule has 7 heteroatoms. The predicted molar refractivity (Wildman–Crippen MR) is 100 cm³/mol. The van der Waals surface area contributed by atoms with Crippen molar-refractivity contribution in [2.75, 3.05) is 5.32 Å². The second-order valence-corrected chi connectivity index (χ2v) is 7.20. The smallest absolute Gasteiger partial charge is 0.240 e. The third kappa shape index (κ3) is 4.47. The quantitative estimate of drug-likeness (QED) is 0.670. The van der Waals surface area contributed by atoms with Crippen molar-refractivity contribution < 1.29 is 9.59 Å². The van der Waals surface area contributed by atoms with E-state index in [9.17, 15) is 9.59 Å². The standard InChI is InChI=1S/C19H25N5O2/c1-11(2)17(18(20)26)24-19-13-5-3-4-6-14(13)22-15(23-19)10-21-16(25)9-12-7-8-12/h3-6,11-12,17H,7-10H2,1-2H3,(H2,20,26)(H,21,25)(H,22,23,24)/t17-/m0/s1. The SMILES string of the molecule is CC(C)[C@H](Nc1nc(CNC(=O)CC2CC2)nc2ccccc12)C(N)=O. The first-order valence-electron chi connectivity index (χ1n) is 9.02. The molecule has 1 aliphatic rings. The molecule has 1 heterocycles. The van der Waals surface area contributed by atoms with Gasteiger partial charge in [-0.15, -0.1) is 0 Å². The predicted octanol–water partition coefficient (Wildman–Crippen LogP) is 1.97. The van der Waals surface area contributed by atoms with Gasteiger partial charge in [0, 0.05) is 11.8 Å². The Morgan fingerprint density at radius 3 is 2.62 bits per heavy atom. The molecule has 1 saturated carbocycles. The second-order valence-electron chi connectivity index (χ2n) is 7.20. The van der Waals surface area contributed by atoms with Crippen LogP contribution in [0.4, 0.5) is 5.82 Å². The number of hydrogen-bond donors (Lipinski definition) is 3. The number of primary amides is 1. The summed E-state index contributed by atoms with van der Waals surface area (Å²) in [5.41, 5.74) is 6.27. The Kier molecular flexibility index (Phi) is 5.35. The van der Waals surface area contributed by atoms with Gasteiger partial charge in [0.05, 0.1) is 12.1 Å². The first-order chi connectivity index (χ1) is 12.4. The minimum absolute atomic E-state index is 0.0166. The van der Waals surface area contributed by atoms with Crippen LogP contribution in [0.2, 0.25) is 0 Å². The first kappa shape index (κ1) is 18.1. The number of fused-ring (bicyclic) bond motifs is 1. The number of carbonyl (C=O) groups excluding carboxylic acids is 2. The van der Waals surface area contributed by atoms with Crippen molar-refractivity contribution in [2.24, 2.45) is 17.6 Å². The molecular weight excluding hydrogens is 330 g/mol. The second kappa shape index (κ2) is 7.68. The number of nitrogens with zero attached hydrogens (tertiary/aromatic N) is 2. The third-order valence-corrected chi connectivity index (χ3v) is 4.53. The molecule has 1 aromatic carbocycles. The fraction of sp³-hybridized carbons (Fsp3) is 0.474. The first-order valence-corrected chi connectivity index (χ1v) is 9.02. The van der Waals surface area contributed by atoms with Crippen LogP contribution < -0.4 is 16.4 Å². The molecule has 7 nitrogen and oxygen atoms in total. The monoisotopic (exact) mass is 355 g/mol. The summed E-state index contributed by atoms with van der Waals surface area (Å²) in [7, 11) is 0. The summed E-state index contributed by atoms with van der Waals surface area (Å²) in [5.74, 6) is 1.20. The maximum atomic E-state index is 11.9. The molecule has 26 heavy (non-hydrogen) atoms. The van der Waals surface area contributed by atoms with Gasteiger partial charge in [0.1, 0.15) is 11.9 Å². The number of aromatic nitrogens is 2. The van der Waals surface area contributed by atoms with Crippen LogP contribution in [0.25, 0.3) is 10.9 Å². The molecule has 1 aliphatic carbocycles. The lowest BCUT2D eigenvalue weighted by molar-refractivity contribution is -0.121. The zero-order chi connectivity index (χ0) is 18.7. The van der Waals surface area contributed by atoms with E-state index in [1.165, 1.54) is 0 Å². The number of benzene rings is 1. The molecule has 4 N–H and O–H groups in total. The summed E-state index contributed by atoms with van der Waals surface area (Å²) in [5, 5.41) is 6.84. The van der Waals surface area contributed by atoms with E-state index >= 15 is 0 Å². The van der Waals surface area contributed by atoms with Crippen LogP contribution in [0.15, 0.2) is 24.3 Å². The van der Waals surface area contributed by atoms with Gasteiger partial charge in [0.15, 0.2) is 5.82 Å². The van der Waals surface area contributed by atoms with Crippen LogP contribution in [-0.4, -0.2) is 27.8 Å². The Morgan fingerprint density at radius 2 is 1.96 bits per heavy atom. The Hall–Kier alpha value is -2.70. The van der Waals surface area contributed by atoms with Gasteiger partial charge in [-0.3, -0.25) is 9.59 Å². The molecule has 2 amide bonds. The highest BCUT2D eigenvalue weighted by molar-refractivity contribution is 5.92. The van der Waals surface area contributed by atoms with Crippen molar-refractivity contribution in [3.8, 4) is 0 Å². The van der Waals surface area contributed by atoms with Crippen molar-refractivity contribution in [1.29, 1.82) is 0 Å². The van der Waals surface area contributed by atoms with Gasteiger partial charge in [-0.05, 0) is 36.8 Å². The summed E-state index contributed by atoms with van der Waals surface area (Å²) in [6.07, 6.45) is 2.84. The van der Waals surface area contributed by atoms with Crippen LogP contribution in [0.5, 0.6) is 0 Å². The Balaban J connectivity index is 1.83. The minimum Gasteiger partial charge on any atom is -0.368 e. The zero-order valence-electron chi connectivity index (χ0n) is 15.2. The number of amides is 2. The molecule has 1 fully saturated rings. The summed E-state index contributed by atoms with van der Waals surface area (Å²) in [6, 6.07) is 7.02. The molecule has 0 spiro atoms. The Bertz CT molecular complexity index is 817. The van der Waals surface area contributed by atoms with E-state index in [0.29, 0.717) is 24.0 Å². The van der Waals surface area contributed by atoms with Gasteiger partial charge in [0.25, 0.3) is 0 Å². The average molecular weight is 355 g/mol. The number of nitrogens with one attached hydrogen (secondary N) is 2. The number of nitrogens with two attached hydrogens (primary N) is 1. The van der Waals surface area contributed by atoms with E-state index in [4.69, 9.17) is 5.73 Å². The maximum Gasteiger partial charge on any atom is 0.240 e. The molecule has 138 valence electrons. The minimum atomic E-state index is -0.536. The highest BCUT2D eigenvalue weighted by Gasteiger charge is 2.24. The van der Waals surface area contributed by atoms with Crippen molar-refractivity contribution in [1.82, 2.24) is 15.3 Å². The van der Waals surface area contributed by atoms with Gasteiger partial charge in [-0.25, -0.2) is 9.97 Å². The van der Waals surface area contributed by atoms with Crippen LogP contribution in [-0.2, 0) is 16.1 Å². The summed E-state index contributed by atoms with van der Waals surface area (Å²) >= 11 is 0. The van der Waals surface area contributed by atoms with E-state index < -0.39 is 11.9 Å². The zero-order valence-corrected chi connectivity index (χ0v) is 15.2. The normalized spacial score (nSPS) is 15.0. The van der Waals surface area contributed by atoms with Gasteiger partial charge in [0.2, 0.25) is 11.8 Å². The lowest BCUT2D eigenvalue weighted by Gasteiger charge is -2.21. The number of carbonyl (C=O) groups is 2. The van der Waals surface area contributed by atoms with Gasteiger partial charge >= 0.3 is 0 Å². The lowest BCUT2D eigenvalue weighted by Crippen LogP contribution is -2.40. The van der Waals surface area contributed by atoms with Crippen LogP contribution in [0.1, 0.15) is 38.9 Å². The molecular formula is C19H25N5O2. The Morgan fingerprint density at radius 1 is 1.23 bits per heavy atom. The molecule has 0 unspecified atom stereocenters. The van der Waals surface area contributed by atoms with E-state index in [-0.39, 0.29) is 18.4 Å².